The highest BCUT2D eigenvalue weighted by Gasteiger charge is 2.34. The summed E-state index contributed by atoms with van der Waals surface area (Å²) >= 11 is 0. The van der Waals surface area contributed by atoms with Gasteiger partial charge >= 0.3 is 6.03 Å². The number of aromatic nitrogens is 3. The number of piperidine rings is 1. The van der Waals surface area contributed by atoms with Gasteiger partial charge in [0.15, 0.2) is 5.82 Å². The van der Waals surface area contributed by atoms with Gasteiger partial charge in [-0.25, -0.2) is 19.7 Å². The van der Waals surface area contributed by atoms with Gasteiger partial charge in [-0.1, -0.05) is 30.8 Å². The molecule has 0 saturated carbocycles. The highest BCUT2D eigenvalue weighted by Crippen LogP contribution is 2.37. The van der Waals surface area contributed by atoms with E-state index in [2.05, 4.69) is 46.1 Å². The van der Waals surface area contributed by atoms with E-state index in [-0.39, 0.29) is 11.9 Å². The molecule has 2 aromatic carbocycles. The summed E-state index contributed by atoms with van der Waals surface area (Å²) in [5.41, 5.74) is 3.35. The minimum Gasteiger partial charge on any atom is -0.357 e. The fraction of sp³-hybridized carbons (Fsp3) is 0.242. The van der Waals surface area contributed by atoms with Crippen molar-refractivity contribution in [3.05, 3.63) is 97.3 Å². The number of carbonyl (C=O) groups excluding carboxylic acids is 2. The molecule has 0 spiro atoms. The quantitative estimate of drug-likeness (QED) is 0.258. The van der Waals surface area contributed by atoms with E-state index in [0.29, 0.717) is 35.7 Å². The van der Waals surface area contributed by atoms with Crippen LogP contribution >= 0.6 is 0 Å². The first-order valence-electron chi connectivity index (χ1n) is 14.6. The van der Waals surface area contributed by atoms with Crippen molar-refractivity contribution < 1.29 is 9.59 Å². The molecule has 6 rings (SSSR count). The number of fused-ring (bicyclic) bond motifs is 1. The zero-order valence-electron chi connectivity index (χ0n) is 24.8. The number of anilines is 7. The summed E-state index contributed by atoms with van der Waals surface area (Å²) in [7, 11) is 4.27. The molecule has 2 aliphatic rings. The summed E-state index contributed by atoms with van der Waals surface area (Å²) in [6.45, 7) is 5.77. The van der Waals surface area contributed by atoms with Crippen LogP contribution in [0.15, 0.2) is 91.8 Å². The van der Waals surface area contributed by atoms with Crippen molar-refractivity contribution in [1.29, 1.82) is 0 Å². The molecule has 11 heteroatoms. The normalized spacial score (nSPS) is 15.2. The Morgan fingerprint density at radius 2 is 1.73 bits per heavy atom. The van der Waals surface area contributed by atoms with Crippen LogP contribution in [0.4, 0.5) is 45.1 Å². The lowest BCUT2D eigenvalue weighted by molar-refractivity contribution is -0.111. The van der Waals surface area contributed by atoms with Crippen molar-refractivity contribution in [1.82, 2.24) is 19.9 Å². The Morgan fingerprint density at radius 3 is 2.43 bits per heavy atom. The third kappa shape index (κ3) is 6.09. The smallest absolute Gasteiger partial charge is 0.335 e. The molecule has 0 atom stereocenters. The summed E-state index contributed by atoms with van der Waals surface area (Å²) in [4.78, 5) is 47.9. The number of amides is 3. The van der Waals surface area contributed by atoms with E-state index in [1.54, 1.807) is 46.5 Å². The minimum absolute atomic E-state index is 0.274. The predicted octanol–water partition coefficient (Wildman–Crippen LogP) is 5.55. The van der Waals surface area contributed by atoms with Gasteiger partial charge in [0.05, 0.1) is 24.1 Å². The number of urea groups is 1. The number of nitrogens with zero attached hydrogens (tertiary/aromatic N) is 7. The number of para-hydroxylation sites is 1. The van der Waals surface area contributed by atoms with Crippen LogP contribution in [0.1, 0.15) is 18.4 Å². The maximum Gasteiger partial charge on any atom is 0.335 e. The van der Waals surface area contributed by atoms with Crippen LogP contribution in [-0.2, 0) is 11.3 Å². The average molecular weight is 590 g/mol. The van der Waals surface area contributed by atoms with Crippen LogP contribution in [-0.4, -0.2) is 65.0 Å². The second-order valence-electron chi connectivity index (χ2n) is 11.0. The van der Waals surface area contributed by atoms with Crippen molar-refractivity contribution in [3.63, 3.8) is 0 Å². The van der Waals surface area contributed by atoms with E-state index in [1.807, 2.05) is 42.5 Å². The van der Waals surface area contributed by atoms with Gasteiger partial charge in [0.25, 0.3) is 0 Å². The van der Waals surface area contributed by atoms with E-state index in [4.69, 9.17) is 9.97 Å². The Labute approximate surface area is 256 Å². The number of hydrogen-bond donors (Lipinski definition) is 2. The lowest BCUT2D eigenvalue weighted by Gasteiger charge is -2.36. The van der Waals surface area contributed by atoms with E-state index >= 15 is 0 Å². The van der Waals surface area contributed by atoms with E-state index in [1.165, 1.54) is 6.08 Å². The van der Waals surface area contributed by atoms with Crippen LogP contribution in [0.2, 0.25) is 0 Å². The van der Waals surface area contributed by atoms with Gasteiger partial charge in [-0.15, -0.1) is 0 Å². The molecule has 2 N–H and O–H groups in total. The third-order valence-corrected chi connectivity index (χ3v) is 7.95. The van der Waals surface area contributed by atoms with Crippen molar-refractivity contribution in [2.24, 2.45) is 0 Å². The van der Waals surface area contributed by atoms with Gasteiger partial charge in [-0.2, -0.15) is 4.98 Å². The Bertz CT molecular complexity index is 1650. The molecule has 1 saturated heterocycles. The van der Waals surface area contributed by atoms with Gasteiger partial charge < -0.3 is 20.4 Å². The maximum atomic E-state index is 14.0. The first-order valence-corrected chi connectivity index (χ1v) is 14.6. The fourth-order valence-corrected chi connectivity index (χ4v) is 5.56. The minimum atomic E-state index is -0.343. The lowest BCUT2D eigenvalue weighted by atomic mass is 10.0. The molecule has 4 heterocycles. The summed E-state index contributed by atoms with van der Waals surface area (Å²) in [6, 6.07) is 20.8. The zero-order chi connectivity index (χ0) is 30.6. The van der Waals surface area contributed by atoms with Crippen LogP contribution in [0.3, 0.4) is 0 Å². The maximum absolute atomic E-state index is 14.0. The number of rotatable bonds is 8. The first-order chi connectivity index (χ1) is 21.4. The van der Waals surface area contributed by atoms with Gasteiger partial charge in [0, 0.05) is 42.3 Å². The summed E-state index contributed by atoms with van der Waals surface area (Å²) < 4.78 is 0. The highest BCUT2D eigenvalue weighted by molar-refractivity contribution is 6.10. The second kappa shape index (κ2) is 12.5. The molecular weight excluding hydrogens is 554 g/mol. The van der Waals surface area contributed by atoms with Gasteiger partial charge in [0.2, 0.25) is 11.9 Å². The van der Waals surface area contributed by atoms with Gasteiger partial charge in [-0.3, -0.25) is 9.69 Å². The number of hydrogen-bond acceptors (Lipinski definition) is 8. The molecular formula is C33H35N9O2. The SMILES string of the molecule is C=CC(=O)Nc1cccc(N2C(=O)N(c3ccccc3)Cc3cnc(Nc4ccc(N5CCC(N(C)C)CC5)nc4)nc32)c1. The largest absolute Gasteiger partial charge is 0.357 e. The molecule has 11 nitrogen and oxygen atoms in total. The fourth-order valence-electron chi connectivity index (χ4n) is 5.56. The predicted molar refractivity (Wildman–Crippen MR) is 174 cm³/mol. The van der Waals surface area contributed by atoms with Crippen molar-refractivity contribution >= 4 is 52.3 Å². The first kappa shape index (κ1) is 28.8. The topological polar surface area (TPSA) is 110 Å². The molecule has 0 radical (unpaired) electrons. The molecule has 0 aliphatic carbocycles. The van der Waals surface area contributed by atoms with E-state index in [9.17, 15) is 9.59 Å². The van der Waals surface area contributed by atoms with Gasteiger partial charge in [0.1, 0.15) is 5.82 Å². The zero-order valence-corrected chi connectivity index (χ0v) is 24.8. The summed E-state index contributed by atoms with van der Waals surface area (Å²) in [5, 5.41) is 6.02. The van der Waals surface area contributed by atoms with Crippen LogP contribution in [0.5, 0.6) is 0 Å². The second-order valence-corrected chi connectivity index (χ2v) is 11.0. The summed E-state index contributed by atoms with van der Waals surface area (Å²) in [5.74, 6) is 1.40. The van der Waals surface area contributed by atoms with Crippen molar-refractivity contribution in [2.45, 2.75) is 25.4 Å². The molecule has 2 aromatic heterocycles. The number of pyridine rings is 1. The Balaban J connectivity index is 1.28. The van der Waals surface area contributed by atoms with E-state index in [0.717, 1.165) is 48.7 Å². The number of nitrogens with one attached hydrogen (secondary N) is 2. The Hall–Kier alpha value is -5.29. The van der Waals surface area contributed by atoms with Crippen LogP contribution in [0, 0.1) is 0 Å². The highest BCUT2D eigenvalue weighted by atomic mass is 16.2. The lowest BCUT2D eigenvalue weighted by Crippen LogP contribution is -2.45. The Kier molecular flexibility index (Phi) is 8.20. The average Bonchev–Trinajstić information content (AvgIpc) is 3.05. The molecule has 44 heavy (non-hydrogen) atoms. The number of carbonyl (C=O) groups is 2. The molecule has 0 bridgehead atoms. The monoisotopic (exact) mass is 589 g/mol. The molecule has 2 aliphatic heterocycles. The Morgan fingerprint density at radius 1 is 0.955 bits per heavy atom. The molecule has 1 fully saturated rings. The van der Waals surface area contributed by atoms with E-state index < -0.39 is 0 Å². The van der Waals surface area contributed by atoms with Crippen molar-refractivity contribution in [2.75, 3.05) is 52.5 Å². The van der Waals surface area contributed by atoms with Gasteiger partial charge in [-0.05, 0) is 75.5 Å². The van der Waals surface area contributed by atoms with Crippen LogP contribution < -0.4 is 25.3 Å². The van der Waals surface area contributed by atoms with Crippen LogP contribution in [0.25, 0.3) is 0 Å². The van der Waals surface area contributed by atoms with Crippen molar-refractivity contribution in [3.8, 4) is 0 Å². The molecule has 0 unspecified atom stereocenters. The standard InChI is InChI=1S/C33H35N9O2/c1-4-30(43)36-24-9-8-12-28(19-24)42-31-23(22-41(33(42)44)27-10-6-5-7-11-27)20-35-32(38-31)37-25-13-14-29(34-21-25)40-17-15-26(16-18-40)39(2)3/h4-14,19-21,26H,1,15-18,22H2,2-3H3,(H,36,43)(H,35,37,38). The number of benzene rings is 2. The molecule has 224 valence electrons. The molecule has 4 aromatic rings. The summed E-state index contributed by atoms with van der Waals surface area (Å²) in [6.07, 6.45) is 6.93. The molecule has 3 amide bonds. The third-order valence-electron chi connectivity index (χ3n) is 7.95.